The first-order valence-corrected chi connectivity index (χ1v) is 9.89. The number of benzene rings is 1. The van der Waals surface area contributed by atoms with Crippen LogP contribution < -0.4 is 5.73 Å². The Hall–Kier alpha value is -2.68. The number of fused-ring (bicyclic) bond motifs is 3. The molecule has 0 unspecified atom stereocenters. The smallest absolute Gasteiger partial charge is 0.174 e. The topological polar surface area (TPSA) is 144 Å². The summed E-state index contributed by atoms with van der Waals surface area (Å²) >= 11 is 0. The number of hydrogen-bond donors (Lipinski definition) is 5. The van der Waals surface area contributed by atoms with E-state index in [2.05, 4.69) is 0 Å². The second kappa shape index (κ2) is 6.66. The van der Waals surface area contributed by atoms with Gasteiger partial charge in [-0.15, -0.1) is 0 Å². The van der Waals surface area contributed by atoms with E-state index in [1.54, 1.807) is 31.1 Å². The van der Waals surface area contributed by atoms with Crippen LogP contribution in [0.25, 0.3) is 5.76 Å². The summed E-state index contributed by atoms with van der Waals surface area (Å²) in [5.41, 5.74) is 4.40. The van der Waals surface area contributed by atoms with E-state index in [9.17, 15) is 30.0 Å². The molecule has 1 saturated carbocycles. The number of carbonyl (C=O) groups is 2. The molecule has 3 aliphatic carbocycles. The maximum Gasteiger partial charge on any atom is 0.174 e. The molecule has 4 rings (SSSR count). The van der Waals surface area contributed by atoms with Crippen LogP contribution in [0.5, 0.6) is 5.75 Å². The molecule has 3 aliphatic rings. The van der Waals surface area contributed by atoms with Crippen molar-refractivity contribution in [2.75, 3.05) is 20.6 Å². The highest BCUT2D eigenvalue weighted by molar-refractivity contribution is 6.20. The molecule has 1 fully saturated rings. The van der Waals surface area contributed by atoms with Crippen molar-refractivity contribution in [2.24, 2.45) is 23.5 Å². The monoisotopic (exact) mass is 414 g/mol. The van der Waals surface area contributed by atoms with Crippen LogP contribution in [0.2, 0.25) is 0 Å². The zero-order valence-corrected chi connectivity index (χ0v) is 17.1. The molecule has 0 aliphatic heterocycles. The third-order valence-electron chi connectivity index (χ3n) is 6.93. The summed E-state index contributed by atoms with van der Waals surface area (Å²) in [4.78, 5) is 28.4. The van der Waals surface area contributed by atoms with Crippen LogP contribution in [0, 0.1) is 17.8 Å². The number of aliphatic hydroxyl groups is 3. The molecule has 0 heterocycles. The number of likely N-dealkylation sites (N-methyl/N-ethyl adjacent to an activating group) is 1. The molecule has 1 aromatic carbocycles. The van der Waals surface area contributed by atoms with Crippen molar-refractivity contribution in [1.29, 1.82) is 0 Å². The lowest BCUT2D eigenvalue weighted by molar-refractivity contribution is -0.139. The summed E-state index contributed by atoms with van der Waals surface area (Å²) in [6.45, 7) is 1.33. The molecular formula is C22H26N2O6. The van der Waals surface area contributed by atoms with Crippen molar-refractivity contribution in [1.82, 2.24) is 4.90 Å². The van der Waals surface area contributed by atoms with Crippen molar-refractivity contribution < 1.29 is 30.0 Å². The van der Waals surface area contributed by atoms with Gasteiger partial charge in [-0.3, -0.25) is 14.5 Å². The second-order valence-corrected chi connectivity index (χ2v) is 8.74. The Bertz CT molecular complexity index is 1020. The van der Waals surface area contributed by atoms with E-state index in [0.717, 1.165) is 0 Å². The molecule has 0 saturated heterocycles. The molecule has 6 N–H and O–H groups in total. The number of phenolic OH excluding ortho intramolecular Hbond substituents is 1. The van der Waals surface area contributed by atoms with Gasteiger partial charge in [0.2, 0.25) is 0 Å². The molecule has 30 heavy (non-hydrogen) atoms. The zero-order valence-electron chi connectivity index (χ0n) is 17.1. The fraction of sp³-hybridized carbons (Fsp3) is 0.455. The van der Waals surface area contributed by atoms with Gasteiger partial charge in [0.1, 0.15) is 17.3 Å². The van der Waals surface area contributed by atoms with Crippen LogP contribution >= 0.6 is 0 Å². The number of rotatable bonds is 2. The Balaban J connectivity index is 1.96. The molecule has 0 amide bonds. The van der Waals surface area contributed by atoms with Gasteiger partial charge in [0.25, 0.3) is 0 Å². The van der Waals surface area contributed by atoms with Gasteiger partial charge in [-0.05, 0) is 45.0 Å². The van der Waals surface area contributed by atoms with Crippen molar-refractivity contribution in [3.63, 3.8) is 0 Å². The lowest BCUT2D eigenvalue weighted by Crippen LogP contribution is -2.57. The summed E-state index contributed by atoms with van der Waals surface area (Å²) < 4.78 is 0. The summed E-state index contributed by atoms with van der Waals surface area (Å²) in [6, 6.07) is 3.89. The lowest BCUT2D eigenvalue weighted by Gasteiger charge is -2.50. The third-order valence-corrected chi connectivity index (χ3v) is 6.93. The SMILES string of the molecule is CN(C)[C@@H]1C(O)=C(CN)C(=O)[C@H]2C(=O)C3=C(O)c4c(O)cccc4[C@@](C)(O)[C@H]3C[C@H]21. The van der Waals surface area contributed by atoms with Gasteiger partial charge in [-0.25, -0.2) is 0 Å². The van der Waals surface area contributed by atoms with E-state index in [4.69, 9.17) is 5.73 Å². The predicted octanol–water partition coefficient (Wildman–Crippen LogP) is 0.988. The maximum absolute atomic E-state index is 13.6. The second-order valence-electron chi connectivity index (χ2n) is 8.74. The molecule has 0 spiro atoms. The van der Waals surface area contributed by atoms with Crippen molar-refractivity contribution in [3.05, 3.63) is 46.2 Å². The first-order chi connectivity index (χ1) is 14.0. The molecule has 8 nitrogen and oxygen atoms in total. The number of aromatic hydroxyl groups is 1. The zero-order chi connectivity index (χ0) is 22.1. The molecule has 0 radical (unpaired) electrons. The fourth-order valence-electron chi connectivity index (χ4n) is 5.54. The number of ketones is 2. The Kier molecular flexibility index (Phi) is 4.57. The normalized spacial score (nSPS) is 33.5. The first-order valence-electron chi connectivity index (χ1n) is 9.89. The lowest BCUT2D eigenvalue weighted by atomic mass is 9.56. The molecule has 0 bridgehead atoms. The number of carbonyl (C=O) groups excluding carboxylic acids is 2. The van der Waals surface area contributed by atoms with E-state index >= 15 is 0 Å². The van der Waals surface area contributed by atoms with Gasteiger partial charge in [0, 0.05) is 23.6 Å². The van der Waals surface area contributed by atoms with E-state index < -0.39 is 46.7 Å². The maximum atomic E-state index is 13.6. The summed E-state index contributed by atoms with van der Waals surface area (Å²) in [7, 11) is 3.48. The van der Waals surface area contributed by atoms with E-state index in [-0.39, 0.29) is 41.2 Å². The largest absolute Gasteiger partial charge is 0.510 e. The predicted molar refractivity (Wildman–Crippen MR) is 109 cm³/mol. The molecule has 1 aromatic rings. The number of Topliss-reactive ketones (excluding diaryl/α,β-unsaturated/α-hetero) is 2. The quantitative estimate of drug-likeness (QED) is 0.451. The molecule has 5 atom stereocenters. The summed E-state index contributed by atoms with van der Waals surface area (Å²) in [6.07, 6.45) is 0.189. The number of aliphatic hydroxyl groups excluding tert-OH is 2. The Morgan fingerprint density at radius 1 is 1.17 bits per heavy atom. The van der Waals surface area contributed by atoms with Crippen molar-refractivity contribution in [2.45, 2.75) is 25.0 Å². The molecule has 0 aromatic heterocycles. The van der Waals surface area contributed by atoms with Crippen LogP contribution in [0.4, 0.5) is 0 Å². The molecule has 8 heteroatoms. The van der Waals surface area contributed by atoms with Crippen LogP contribution in [0.15, 0.2) is 35.1 Å². The Labute approximate surface area is 173 Å². The average molecular weight is 414 g/mol. The molecule has 160 valence electrons. The van der Waals surface area contributed by atoms with Gasteiger partial charge in [-0.1, -0.05) is 12.1 Å². The van der Waals surface area contributed by atoms with Crippen molar-refractivity contribution in [3.8, 4) is 5.75 Å². The van der Waals surface area contributed by atoms with Crippen LogP contribution in [0.3, 0.4) is 0 Å². The van der Waals surface area contributed by atoms with Gasteiger partial charge < -0.3 is 26.2 Å². The minimum Gasteiger partial charge on any atom is -0.510 e. The standard InChI is InChI=1S/C22H26N2O6/c1-22(30)11-5-4-6-13(25)15(11)21(29)16-12(22)7-9-14(20(16)28)18(26)10(8-23)19(27)17(9)24(2)3/h4-6,9,12,14,17,25,27,29-30H,7-8,23H2,1-3H3/t9-,12+,14+,17+,22-/m1/s1. The Morgan fingerprint density at radius 2 is 1.83 bits per heavy atom. The highest BCUT2D eigenvalue weighted by Gasteiger charge is 2.58. The van der Waals surface area contributed by atoms with Crippen LogP contribution in [-0.4, -0.2) is 63.6 Å². The highest BCUT2D eigenvalue weighted by atomic mass is 16.3. The van der Waals surface area contributed by atoms with Gasteiger partial charge in [0.15, 0.2) is 11.6 Å². The number of phenols is 1. The van der Waals surface area contributed by atoms with E-state index in [0.29, 0.717) is 5.56 Å². The minimum absolute atomic E-state index is 0.00501. The average Bonchev–Trinajstić information content (AvgIpc) is 2.66. The number of hydrogen-bond acceptors (Lipinski definition) is 8. The third kappa shape index (κ3) is 2.50. The fourth-order valence-corrected chi connectivity index (χ4v) is 5.54. The Morgan fingerprint density at radius 3 is 2.43 bits per heavy atom. The van der Waals surface area contributed by atoms with Gasteiger partial charge in [0.05, 0.1) is 23.1 Å². The first kappa shape index (κ1) is 20.6. The minimum atomic E-state index is -1.57. The van der Waals surface area contributed by atoms with E-state index in [1.165, 1.54) is 13.0 Å². The summed E-state index contributed by atoms with van der Waals surface area (Å²) in [5, 5.41) is 43.4. The van der Waals surface area contributed by atoms with Crippen LogP contribution in [0.1, 0.15) is 24.5 Å². The molecular weight excluding hydrogens is 388 g/mol. The van der Waals surface area contributed by atoms with Crippen LogP contribution in [-0.2, 0) is 15.2 Å². The number of nitrogens with two attached hydrogens (primary N) is 1. The highest BCUT2D eigenvalue weighted by Crippen LogP contribution is 2.55. The van der Waals surface area contributed by atoms with E-state index in [1.807, 2.05) is 0 Å². The van der Waals surface area contributed by atoms with Crippen molar-refractivity contribution >= 4 is 17.3 Å². The summed E-state index contributed by atoms with van der Waals surface area (Å²) in [5.74, 6) is -4.49. The van der Waals surface area contributed by atoms with Gasteiger partial charge >= 0.3 is 0 Å². The van der Waals surface area contributed by atoms with Gasteiger partial charge in [-0.2, -0.15) is 0 Å². The number of nitrogens with zero attached hydrogens (tertiary/aromatic N) is 1.